The van der Waals surface area contributed by atoms with Gasteiger partial charge < -0.3 is 5.32 Å². The van der Waals surface area contributed by atoms with Gasteiger partial charge in [0.2, 0.25) is 0 Å². The van der Waals surface area contributed by atoms with Crippen LogP contribution in [0.4, 0.5) is 5.69 Å². The van der Waals surface area contributed by atoms with Crippen LogP contribution in [-0.2, 0) is 6.42 Å². The second kappa shape index (κ2) is 8.00. The Bertz CT molecular complexity index is 446. The van der Waals surface area contributed by atoms with Crippen LogP contribution in [0.3, 0.4) is 0 Å². The summed E-state index contributed by atoms with van der Waals surface area (Å²) in [6.07, 6.45) is 3.08. The summed E-state index contributed by atoms with van der Waals surface area (Å²) in [5, 5.41) is 14.5. The summed E-state index contributed by atoms with van der Waals surface area (Å²) in [4.78, 5) is 10.7. The van der Waals surface area contributed by atoms with Crippen LogP contribution < -0.4 is 5.32 Å². The van der Waals surface area contributed by atoms with Crippen molar-refractivity contribution in [2.75, 3.05) is 6.54 Å². The van der Waals surface area contributed by atoms with E-state index < -0.39 is 0 Å². The number of nitrogens with zero attached hydrogens (tertiary/aromatic N) is 1. The summed E-state index contributed by atoms with van der Waals surface area (Å²) in [5.74, 6) is 0.502. The highest BCUT2D eigenvalue weighted by molar-refractivity contribution is 5.44. The zero-order chi connectivity index (χ0) is 15.1. The minimum absolute atomic E-state index is 0.228. The van der Waals surface area contributed by atoms with Gasteiger partial charge >= 0.3 is 0 Å². The molecule has 1 aromatic rings. The lowest BCUT2D eigenvalue weighted by Gasteiger charge is -2.24. The summed E-state index contributed by atoms with van der Waals surface area (Å²) in [5.41, 5.74) is 2.13. The van der Waals surface area contributed by atoms with Crippen LogP contribution in [0.25, 0.3) is 0 Å². The Morgan fingerprint density at radius 2 is 2.05 bits per heavy atom. The van der Waals surface area contributed by atoms with Crippen LogP contribution in [0.1, 0.15) is 44.7 Å². The highest BCUT2D eigenvalue weighted by Crippen LogP contribution is 2.25. The van der Waals surface area contributed by atoms with Crippen LogP contribution >= 0.6 is 0 Å². The van der Waals surface area contributed by atoms with E-state index in [0.29, 0.717) is 12.0 Å². The Kier molecular flexibility index (Phi) is 6.65. The normalized spacial score (nSPS) is 14.0. The molecule has 0 saturated heterocycles. The van der Waals surface area contributed by atoms with Crippen molar-refractivity contribution in [3.63, 3.8) is 0 Å². The first-order valence-corrected chi connectivity index (χ1v) is 7.47. The van der Waals surface area contributed by atoms with Crippen LogP contribution in [0.2, 0.25) is 0 Å². The van der Waals surface area contributed by atoms with Gasteiger partial charge in [0.05, 0.1) is 4.92 Å². The first-order valence-electron chi connectivity index (χ1n) is 7.47. The lowest BCUT2D eigenvalue weighted by atomic mass is 9.88. The van der Waals surface area contributed by atoms with Crippen LogP contribution in [0.5, 0.6) is 0 Å². The molecule has 20 heavy (non-hydrogen) atoms. The van der Waals surface area contributed by atoms with E-state index >= 15 is 0 Å². The molecule has 1 rings (SSSR count). The number of nitro benzene ring substituents is 1. The van der Waals surface area contributed by atoms with Gasteiger partial charge in [0.15, 0.2) is 0 Å². The number of hydrogen-bond donors (Lipinski definition) is 1. The van der Waals surface area contributed by atoms with Crippen molar-refractivity contribution in [3.05, 3.63) is 39.4 Å². The second-order valence-electron chi connectivity index (χ2n) is 5.43. The number of benzene rings is 1. The predicted molar refractivity (Wildman–Crippen MR) is 83.1 cm³/mol. The maximum atomic E-state index is 11.0. The fourth-order valence-electron chi connectivity index (χ4n) is 2.58. The molecule has 0 aromatic heterocycles. The standard InChI is InChI=1S/C16H26N2O2/c1-5-10-17-13(4)14(6-2)11-15-8-7-9-16(12(15)3)18(19)20/h7-9,13-14,17H,5-6,10-11H2,1-4H3. The van der Waals surface area contributed by atoms with Crippen molar-refractivity contribution in [2.45, 2.75) is 53.0 Å². The van der Waals surface area contributed by atoms with Crippen molar-refractivity contribution < 1.29 is 4.92 Å². The SMILES string of the molecule is CCCNC(C)C(CC)Cc1cccc([N+](=O)[O-])c1C. The first-order chi connectivity index (χ1) is 9.51. The highest BCUT2D eigenvalue weighted by Gasteiger charge is 2.19. The lowest BCUT2D eigenvalue weighted by molar-refractivity contribution is -0.385. The number of nitrogens with one attached hydrogen (secondary N) is 1. The van der Waals surface area contributed by atoms with E-state index in [2.05, 4.69) is 26.1 Å². The Balaban J connectivity index is 2.85. The lowest BCUT2D eigenvalue weighted by Crippen LogP contribution is -2.35. The molecule has 0 amide bonds. The van der Waals surface area contributed by atoms with Crippen molar-refractivity contribution in [3.8, 4) is 0 Å². The number of hydrogen-bond acceptors (Lipinski definition) is 3. The molecule has 1 aromatic carbocycles. The van der Waals surface area contributed by atoms with Crippen LogP contribution in [0, 0.1) is 23.0 Å². The molecule has 0 saturated carbocycles. The average molecular weight is 278 g/mol. The molecule has 4 heteroatoms. The third-order valence-corrected chi connectivity index (χ3v) is 4.04. The number of nitro groups is 1. The van der Waals surface area contributed by atoms with Gasteiger partial charge in [-0.15, -0.1) is 0 Å². The number of rotatable bonds is 8. The molecule has 4 nitrogen and oxygen atoms in total. The Labute approximate surface area is 121 Å². The largest absolute Gasteiger partial charge is 0.314 e. The molecule has 0 spiro atoms. The third kappa shape index (κ3) is 4.30. The topological polar surface area (TPSA) is 55.2 Å². The van der Waals surface area contributed by atoms with Crippen LogP contribution in [0.15, 0.2) is 18.2 Å². The van der Waals surface area contributed by atoms with Gasteiger partial charge in [-0.2, -0.15) is 0 Å². The molecule has 0 aliphatic carbocycles. The van der Waals surface area contributed by atoms with Crippen molar-refractivity contribution in [1.29, 1.82) is 0 Å². The van der Waals surface area contributed by atoms with Gasteiger partial charge in [-0.25, -0.2) is 0 Å². The molecule has 0 aliphatic rings. The zero-order valence-corrected chi connectivity index (χ0v) is 13.0. The molecule has 0 radical (unpaired) electrons. The maximum Gasteiger partial charge on any atom is 0.272 e. The maximum absolute atomic E-state index is 11.0. The van der Waals surface area contributed by atoms with E-state index in [1.54, 1.807) is 12.1 Å². The molecule has 0 fully saturated rings. The molecule has 2 unspecified atom stereocenters. The van der Waals surface area contributed by atoms with E-state index in [0.717, 1.165) is 36.9 Å². The second-order valence-corrected chi connectivity index (χ2v) is 5.43. The Hall–Kier alpha value is -1.42. The molecule has 112 valence electrons. The van der Waals surface area contributed by atoms with Crippen molar-refractivity contribution in [2.24, 2.45) is 5.92 Å². The van der Waals surface area contributed by atoms with Gasteiger partial charge in [-0.05, 0) is 44.7 Å². The van der Waals surface area contributed by atoms with Crippen molar-refractivity contribution in [1.82, 2.24) is 5.32 Å². The molecular weight excluding hydrogens is 252 g/mol. The highest BCUT2D eigenvalue weighted by atomic mass is 16.6. The van der Waals surface area contributed by atoms with Gasteiger partial charge in [-0.1, -0.05) is 32.4 Å². The van der Waals surface area contributed by atoms with Gasteiger partial charge in [0, 0.05) is 17.7 Å². The van der Waals surface area contributed by atoms with Gasteiger partial charge in [0.1, 0.15) is 0 Å². The smallest absolute Gasteiger partial charge is 0.272 e. The van der Waals surface area contributed by atoms with E-state index in [-0.39, 0.29) is 10.6 Å². The predicted octanol–water partition coefficient (Wildman–Crippen LogP) is 3.86. The summed E-state index contributed by atoms with van der Waals surface area (Å²) in [7, 11) is 0. The van der Waals surface area contributed by atoms with Crippen LogP contribution in [-0.4, -0.2) is 17.5 Å². The Morgan fingerprint density at radius 3 is 2.60 bits per heavy atom. The zero-order valence-electron chi connectivity index (χ0n) is 13.0. The minimum Gasteiger partial charge on any atom is -0.314 e. The monoisotopic (exact) mass is 278 g/mol. The van der Waals surface area contributed by atoms with Gasteiger partial charge in [-0.3, -0.25) is 10.1 Å². The minimum atomic E-state index is -0.293. The van der Waals surface area contributed by atoms with E-state index in [4.69, 9.17) is 0 Å². The fraction of sp³-hybridized carbons (Fsp3) is 0.625. The molecule has 0 heterocycles. The van der Waals surface area contributed by atoms with E-state index in [9.17, 15) is 10.1 Å². The summed E-state index contributed by atoms with van der Waals surface area (Å²) in [6, 6.07) is 5.81. The summed E-state index contributed by atoms with van der Waals surface area (Å²) >= 11 is 0. The summed E-state index contributed by atoms with van der Waals surface area (Å²) < 4.78 is 0. The third-order valence-electron chi connectivity index (χ3n) is 4.04. The first kappa shape index (κ1) is 16.6. The van der Waals surface area contributed by atoms with E-state index in [1.165, 1.54) is 0 Å². The molecular formula is C16H26N2O2. The molecule has 2 atom stereocenters. The van der Waals surface area contributed by atoms with Crippen molar-refractivity contribution >= 4 is 5.69 Å². The molecule has 0 aliphatic heterocycles. The summed E-state index contributed by atoms with van der Waals surface area (Å²) in [6.45, 7) is 9.42. The van der Waals surface area contributed by atoms with E-state index in [1.807, 2.05) is 13.0 Å². The fourth-order valence-corrected chi connectivity index (χ4v) is 2.58. The molecule has 1 N–H and O–H groups in total. The Morgan fingerprint density at radius 1 is 1.35 bits per heavy atom. The average Bonchev–Trinajstić information content (AvgIpc) is 2.43. The quantitative estimate of drug-likeness (QED) is 0.580. The van der Waals surface area contributed by atoms with Gasteiger partial charge in [0.25, 0.3) is 5.69 Å². The molecule has 0 bridgehead atoms.